The fourth-order valence-corrected chi connectivity index (χ4v) is 3.29. The standard InChI is InChI=1S/C22H20F3N7O4/c1-11-6-12(2-3-15(11)36-18-9-28-17(8-29-18)35-10-22(23,24)25)20-31-14(19(26)33)7-16(32-20)30-13-4-5-27-21(13)34/h2-3,6-9,13H,4-5,10H2,1H3,(H2,26,33)(H,27,34)(H,30,31,32)/t13-/m0/s1. The lowest BCUT2D eigenvalue weighted by atomic mass is 10.1. The van der Waals surface area contributed by atoms with Crippen molar-refractivity contribution in [1.29, 1.82) is 0 Å². The number of primary amides is 1. The van der Waals surface area contributed by atoms with Crippen LogP contribution in [0.3, 0.4) is 0 Å². The molecule has 0 bridgehead atoms. The second-order valence-electron chi connectivity index (χ2n) is 7.78. The van der Waals surface area contributed by atoms with E-state index in [9.17, 15) is 22.8 Å². The molecule has 14 heteroatoms. The fraction of sp³-hybridized carbons (Fsp3) is 0.273. The predicted molar refractivity (Wildman–Crippen MR) is 119 cm³/mol. The van der Waals surface area contributed by atoms with Gasteiger partial charge in [-0.05, 0) is 37.1 Å². The Morgan fingerprint density at radius 2 is 1.94 bits per heavy atom. The molecule has 0 saturated carbocycles. The average Bonchev–Trinajstić information content (AvgIpc) is 3.23. The molecule has 1 aliphatic heterocycles. The van der Waals surface area contributed by atoms with Gasteiger partial charge in [-0.25, -0.2) is 19.9 Å². The van der Waals surface area contributed by atoms with Crippen LogP contribution in [-0.2, 0) is 4.79 Å². The van der Waals surface area contributed by atoms with Crippen LogP contribution in [0.15, 0.2) is 36.7 Å². The first-order valence-corrected chi connectivity index (χ1v) is 10.6. The summed E-state index contributed by atoms with van der Waals surface area (Å²) >= 11 is 0. The van der Waals surface area contributed by atoms with E-state index in [4.69, 9.17) is 10.5 Å². The molecular formula is C22H20F3N7O4. The van der Waals surface area contributed by atoms with E-state index >= 15 is 0 Å². The maximum absolute atomic E-state index is 12.2. The number of hydrogen-bond acceptors (Lipinski definition) is 9. The van der Waals surface area contributed by atoms with E-state index in [1.54, 1.807) is 25.1 Å². The van der Waals surface area contributed by atoms with Gasteiger partial charge in [-0.2, -0.15) is 13.2 Å². The van der Waals surface area contributed by atoms with Crippen molar-refractivity contribution in [2.24, 2.45) is 5.73 Å². The molecule has 2 aromatic heterocycles. The van der Waals surface area contributed by atoms with Gasteiger partial charge < -0.3 is 25.8 Å². The van der Waals surface area contributed by atoms with Crippen molar-refractivity contribution in [1.82, 2.24) is 25.3 Å². The van der Waals surface area contributed by atoms with Gasteiger partial charge in [0.1, 0.15) is 23.3 Å². The van der Waals surface area contributed by atoms with Crippen LogP contribution < -0.4 is 25.8 Å². The predicted octanol–water partition coefficient (Wildman–Crippen LogP) is 2.37. The molecule has 1 aromatic carbocycles. The van der Waals surface area contributed by atoms with Gasteiger partial charge in [0, 0.05) is 18.2 Å². The highest BCUT2D eigenvalue weighted by Crippen LogP contribution is 2.29. The number of hydrogen-bond donors (Lipinski definition) is 3. The molecule has 1 aliphatic rings. The van der Waals surface area contributed by atoms with Gasteiger partial charge in [0.2, 0.25) is 17.7 Å². The number of nitrogens with one attached hydrogen (secondary N) is 2. The zero-order chi connectivity index (χ0) is 25.9. The number of aryl methyl sites for hydroxylation is 1. The van der Waals surface area contributed by atoms with Crippen LogP contribution in [0.1, 0.15) is 22.5 Å². The summed E-state index contributed by atoms with van der Waals surface area (Å²) in [4.78, 5) is 40.0. The van der Waals surface area contributed by atoms with Gasteiger partial charge >= 0.3 is 6.18 Å². The molecule has 1 atom stereocenters. The summed E-state index contributed by atoms with van der Waals surface area (Å²) in [5.74, 6) is -0.309. The van der Waals surface area contributed by atoms with Crippen LogP contribution in [0, 0.1) is 6.92 Å². The van der Waals surface area contributed by atoms with E-state index < -0.39 is 24.7 Å². The summed E-state index contributed by atoms with van der Waals surface area (Å²) < 4.78 is 46.9. The average molecular weight is 503 g/mol. The van der Waals surface area contributed by atoms with E-state index in [1.807, 2.05) is 0 Å². The van der Waals surface area contributed by atoms with Crippen molar-refractivity contribution < 1.29 is 32.2 Å². The molecule has 4 N–H and O–H groups in total. The number of nitrogens with two attached hydrogens (primary N) is 1. The topological polar surface area (TPSA) is 154 Å². The molecule has 11 nitrogen and oxygen atoms in total. The van der Waals surface area contributed by atoms with Crippen molar-refractivity contribution in [3.05, 3.63) is 47.9 Å². The Bertz CT molecular complexity index is 1290. The van der Waals surface area contributed by atoms with Gasteiger partial charge in [0.25, 0.3) is 5.91 Å². The highest BCUT2D eigenvalue weighted by molar-refractivity contribution is 5.92. The number of alkyl halides is 3. The van der Waals surface area contributed by atoms with Crippen molar-refractivity contribution in [3.63, 3.8) is 0 Å². The molecule has 188 valence electrons. The molecule has 0 aliphatic carbocycles. The Labute approximate surface area is 202 Å². The molecule has 0 radical (unpaired) electrons. The van der Waals surface area contributed by atoms with Gasteiger partial charge in [-0.1, -0.05) is 0 Å². The largest absolute Gasteiger partial charge is 0.467 e. The second kappa shape index (κ2) is 10.0. The Morgan fingerprint density at radius 1 is 1.19 bits per heavy atom. The molecule has 36 heavy (non-hydrogen) atoms. The molecule has 1 saturated heterocycles. The van der Waals surface area contributed by atoms with Crippen LogP contribution in [0.4, 0.5) is 19.0 Å². The Hall–Kier alpha value is -4.49. The van der Waals surface area contributed by atoms with Crippen LogP contribution in [0.2, 0.25) is 0 Å². The third-order valence-corrected chi connectivity index (χ3v) is 4.99. The van der Waals surface area contributed by atoms with Gasteiger partial charge in [-0.15, -0.1) is 0 Å². The minimum atomic E-state index is -4.49. The first kappa shape index (κ1) is 24.6. The number of anilines is 1. The quantitative estimate of drug-likeness (QED) is 0.420. The van der Waals surface area contributed by atoms with E-state index in [-0.39, 0.29) is 35.0 Å². The van der Waals surface area contributed by atoms with Crippen LogP contribution >= 0.6 is 0 Å². The minimum absolute atomic E-state index is 0.0259. The lowest BCUT2D eigenvalue weighted by Gasteiger charge is -2.13. The number of ether oxygens (including phenoxy) is 2. The van der Waals surface area contributed by atoms with E-state index in [0.717, 1.165) is 12.4 Å². The number of nitrogens with zero attached hydrogens (tertiary/aromatic N) is 4. The normalized spacial score (nSPS) is 15.3. The molecule has 3 aromatic rings. The minimum Gasteiger partial charge on any atom is -0.467 e. The van der Waals surface area contributed by atoms with Crippen LogP contribution in [0.5, 0.6) is 17.5 Å². The molecule has 0 spiro atoms. The molecule has 1 fully saturated rings. The number of aromatic nitrogens is 4. The Balaban J connectivity index is 1.52. The fourth-order valence-electron chi connectivity index (χ4n) is 3.29. The van der Waals surface area contributed by atoms with Crippen molar-refractivity contribution in [2.75, 3.05) is 18.5 Å². The summed E-state index contributed by atoms with van der Waals surface area (Å²) in [5, 5.41) is 5.70. The molecule has 2 amide bonds. The number of carbonyl (C=O) groups excluding carboxylic acids is 2. The SMILES string of the molecule is Cc1cc(-c2nc(N[C@H]3CCNC3=O)cc(C(N)=O)n2)ccc1Oc1cnc(OCC(F)(F)F)cn1. The molecule has 3 heterocycles. The molecule has 4 rings (SSSR count). The Morgan fingerprint density at radius 3 is 2.56 bits per heavy atom. The second-order valence-corrected chi connectivity index (χ2v) is 7.78. The van der Waals surface area contributed by atoms with Gasteiger partial charge in [-0.3, -0.25) is 9.59 Å². The van der Waals surface area contributed by atoms with Crippen LogP contribution in [0.25, 0.3) is 11.4 Å². The lowest BCUT2D eigenvalue weighted by molar-refractivity contribution is -0.154. The lowest BCUT2D eigenvalue weighted by Crippen LogP contribution is -2.30. The first-order valence-electron chi connectivity index (χ1n) is 10.6. The highest BCUT2D eigenvalue weighted by atomic mass is 19.4. The van der Waals surface area contributed by atoms with E-state index in [2.05, 4.69) is 35.3 Å². The molecular weight excluding hydrogens is 483 g/mol. The summed E-state index contributed by atoms with van der Waals surface area (Å²) in [6.07, 6.45) is -1.77. The first-order chi connectivity index (χ1) is 17.1. The number of amides is 2. The third-order valence-electron chi connectivity index (χ3n) is 4.99. The highest BCUT2D eigenvalue weighted by Gasteiger charge is 2.29. The summed E-state index contributed by atoms with van der Waals surface area (Å²) in [6.45, 7) is 0.797. The van der Waals surface area contributed by atoms with Crippen molar-refractivity contribution >= 4 is 17.6 Å². The zero-order valence-corrected chi connectivity index (χ0v) is 18.8. The maximum atomic E-state index is 12.2. The van der Waals surface area contributed by atoms with E-state index in [0.29, 0.717) is 29.8 Å². The zero-order valence-electron chi connectivity index (χ0n) is 18.8. The number of rotatable bonds is 8. The summed E-state index contributed by atoms with van der Waals surface area (Å²) in [7, 11) is 0. The molecule has 0 unspecified atom stereocenters. The third kappa shape index (κ3) is 6.14. The summed E-state index contributed by atoms with van der Waals surface area (Å²) in [5.41, 5.74) is 6.58. The number of halogens is 3. The monoisotopic (exact) mass is 503 g/mol. The number of benzene rings is 1. The van der Waals surface area contributed by atoms with Gasteiger partial charge in [0.05, 0.1) is 12.4 Å². The van der Waals surface area contributed by atoms with Crippen LogP contribution in [-0.4, -0.2) is 57.1 Å². The van der Waals surface area contributed by atoms with Gasteiger partial charge in [0.15, 0.2) is 12.4 Å². The Kier molecular flexibility index (Phi) is 6.85. The van der Waals surface area contributed by atoms with Crippen molar-refractivity contribution in [3.8, 4) is 28.9 Å². The van der Waals surface area contributed by atoms with Crippen molar-refractivity contribution in [2.45, 2.75) is 25.6 Å². The van der Waals surface area contributed by atoms with E-state index in [1.165, 1.54) is 6.07 Å². The summed E-state index contributed by atoms with van der Waals surface area (Å²) in [6, 6.07) is 5.84. The number of carbonyl (C=O) groups is 2. The smallest absolute Gasteiger partial charge is 0.422 e. The maximum Gasteiger partial charge on any atom is 0.422 e.